The summed E-state index contributed by atoms with van der Waals surface area (Å²) < 4.78 is 15.9. The maximum atomic E-state index is 13.2. The fourth-order valence-electron chi connectivity index (χ4n) is 5.07. The van der Waals surface area contributed by atoms with Crippen molar-refractivity contribution >= 4 is 17.5 Å². The van der Waals surface area contributed by atoms with Crippen molar-refractivity contribution in [2.75, 3.05) is 84.8 Å². The Bertz CT molecular complexity index is 829. The zero-order chi connectivity index (χ0) is 23.2. The number of carbonyl (C=O) groups excluding carboxylic acids is 2. The predicted octanol–water partition coefficient (Wildman–Crippen LogP) is 0.370. The molecule has 1 N–H and O–H groups in total. The van der Waals surface area contributed by atoms with E-state index in [-0.39, 0.29) is 23.8 Å². The minimum Gasteiger partial charge on any atom is -0.497 e. The van der Waals surface area contributed by atoms with E-state index >= 15 is 0 Å². The number of morpholine rings is 1. The van der Waals surface area contributed by atoms with Crippen molar-refractivity contribution in [2.24, 2.45) is 5.92 Å². The Morgan fingerprint density at radius 1 is 1.15 bits per heavy atom. The topological polar surface area (TPSA) is 83.6 Å². The molecule has 2 amide bonds. The number of anilines is 1. The van der Waals surface area contributed by atoms with Gasteiger partial charge in [0.2, 0.25) is 11.8 Å². The van der Waals surface area contributed by atoms with Gasteiger partial charge in [-0.25, -0.2) is 0 Å². The summed E-state index contributed by atoms with van der Waals surface area (Å²) in [4.78, 5) is 32.5. The fraction of sp³-hybridized carbons (Fsp3) is 0.667. The summed E-state index contributed by atoms with van der Waals surface area (Å²) in [5.41, 5.74) is 2.31. The van der Waals surface area contributed by atoms with Gasteiger partial charge >= 0.3 is 0 Å². The van der Waals surface area contributed by atoms with Crippen LogP contribution in [0.25, 0.3) is 0 Å². The third-order valence-electron chi connectivity index (χ3n) is 6.89. The monoisotopic (exact) mass is 460 g/mol. The molecule has 0 unspecified atom stereocenters. The number of carbonyl (C=O) groups is 2. The number of nitrogens with one attached hydrogen (secondary N) is 1. The molecule has 2 atom stereocenters. The van der Waals surface area contributed by atoms with Crippen LogP contribution in [0, 0.1) is 5.92 Å². The van der Waals surface area contributed by atoms with Crippen LogP contribution in [0.4, 0.5) is 5.69 Å². The number of piperazine rings is 1. The molecule has 3 heterocycles. The number of benzene rings is 1. The summed E-state index contributed by atoms with van der Waals surface area (Å²) in [6, 6.07) is 6.12. The highest BCUT2D eigenvalue weighted by Gasteiger charge is 2.42. The molecule has 0 saturated carbocycles. The van der Waals surface area contributed by atoms with E-state index in [0.717, 1.165) is 30.9 Å². The van der Waals surface area contributed by atoms with Gasteiger partial charge in [0.1, 0.15) is 5.75 Å². The van der Waals surface area contributed by atoms with Crippen LogP contribution in [0.5, 0.6) is 5.75 Å². The maximum absolute atomic E-state index is 13.2. The minimum absolute atomic E-state index is 0.0123. The maximum Gasteiger partial charge on any atom is 0.236 e. The first-order valence-electron chi connectivity index (χ1n) is 11.9. The van der Waals surface area contributed by atoms with Crippen LogP contribution < -0.4 is 15.0 Å². The van der Waals surface area contributed by atoms with Crippen molar-refractivity contribution in [3.8, 4) is 5.75 Å². The Kier molecular flexibility index (Phi) is 8.06. The fourth-order valence-corrected chi connectivity index (χ4v) is 5.07. The number of nitrogens with zero attached hydrogens (tertiary/aromatic N) is 3. The normalized spacial score (nSPS) is 23.0. The molecular weight excluding hydrogens is 424 g/mol. The van der Waals surface area contributed by atoms with Crippen LogP contribution in [-0.2, 0) is 25.5 Å². The van der Waals surface area contributed by atoms with E-state index in [1.165, 1.54) is 5.56 Å². The lowest BCUT2D eigenvalue weighted by Crippen LogP contribution is -2.62. The van der Waals surface area contributed by atoms with Gasteiger partial charge in [-0.2, -0.15) is 0 Å². The average Bonchev–Trinajstić information content (AvgIpc) is 2.86. The summed E-state index contributed by atoms with van der Waals surface area (Å²) in [5, 5.41) is 3.10. The molecule has 0 aliphatic carbocycles. The first-order chi connectivity index (χ1) is 16.1. The van der Waals surface area contributed by atoms with Crippen molar-refractivity contribution in [1.29, 1.82) is 0 Å². The van der Waals surface area contributed by atoms with Crippen molar-refractivity contribution in [3.63, 3.8) is 0 Å². The van der Waals surface area contributed by atoms with Gasteiger partial charge in [0.05, 0.1) is 38.8 Å². The number of fused-ring (bicyclic) bond motifs is 3. The van der Waals surface area contributed by atoms with Crippen molar-refractivity contribution in [2.45, 2.75) is 18.9 Å². The second-order valence-corrected chi connectivity index (χ2v) is 8.93. The van der Waals surface area contributed by atoms with Gasteiger partial charge in [0.15, 0.2) is 0 Å². The Balaban J connectivity index is 1.48. The van der Waals surface area contributed by atoms with Crippen LogP contribution in [0.15, 0.2) is 18.2 Å². The first-order valence-corrected chi connectivity index (χ1v) is 11.9. The molecule has 3 aliphatic heterocycles. The lowest BCUT2D eigenvalue weighted by atomic mass is 9.83. The van der Waals surface area contributed by atoms with E-state index < -0.39 is 0 Å². The average molecular weight is 461 g/mol. The summed E-state index contributed by atoms with van der Waals surface area (Å²) in [7, 11) is 3.34. The van der Waals surface area contributed by atoms with Gasteiger partial charge in [-0.1, -0.05) is 6.07 Å². The number of methoxy groups -OCH3 is 2. The molecule has 33 heavy (non-hydrogen) atoms. The number of rotatable bonds is 8. The Morgan fingerprint density at radius 2 is 1.97 bits per heavy atom. The number of hydrogen-bond acceptors (Lipinski definition) is 7. The largest absolute Gasteiger partial charge is 0.497 e. The van der Waals surface area contributed by atoms with Gasteiger partial charge in [-0.3, -0.25) is 14.5 Å². The second-order valence-electron chi connectivity index (χ2n) is 8.93. The van der Waals surface area contributed by atoms with E-state index in [9.17, 15) is 9.59 Å². The van der Waals surface area contributed by atoms with Gasteiger partial charge in [-0.05, 0) is 24.5 Å². The third-order valence-corrected chi connectivity index (χ3v) is 6.89. The summed E-state index contributed by atoms with van der Waals surface area (Å²) >= 11 is 0. The summed E-state index contributed by atoms with van der Waals surface area (Å²) in [6.07, 6.45) is 1.47. The standard InChI is InChI=1S/C24H36N4O5/c1-31-11-3-6-25-24(30)20-14-18-4-5-19(32-2)15-21(18)28-8-7-26(16-22(20)28)17-23(29)27-9-12-33-13-10-27/h4-5,15,20,22H,3,6-14,16-17H2,1-2H3,(H,25,30)/t20-,22+/m1/s1. The number of hydrogen-bond donors (Lipinski definition) is 1. The SMILES string of the molecule is COCCCNC(=O)[C@@H]1Cc2ccc(OC)cc2N2CCN(CC(=O)N3CCOCC3)C[C@@H]12. The summed E-state index contributed by atoms with van der Waals surface area (Å²) in [6.45, 7) is 6.37. The van der Waals surface area contributed by atoms with Gasteiger partial charge < -0.3 is 29.3 Å². The molecule has 0 spiro atoms. The van der Waals surface area contributed by atoms with E-state index in [4.69, 9.17) is 14.2 Å². The van der Waals surface area contributed by atoms with Crippen LogP contribution in [-0.4, -0.2) is 108 Å². The van der Waals surface area contributed by atoms with E-state index in [2.05, 4.69) is 27.2 Å². The summed E-state index contributed by atoms with van der Waals surface area (Å²) in [5.74, 6) is 0.865. The lowest BCUT2D eigenvalue weighted by Gasteiger charge is -2.49. The molecule has 1 aromatic rings. The molecule has 4 rings (SSSR count). The Hall–Kier alpha value is -2.36. The molecule has 2 saturated heterocycles. The molecule has 9 nitrogen and oxygen atoms in total. The predicted molar refractivity (Wildman–Crippen MR) is 125 cm³/mol. The van der Waals surface area contributed by atoms with E-state index in [1.807, 2.05) is 11.0 Å². The quantitative estimate of drug-likeness (QED) is 0.561. The molecule has 0 aromatic heterocycles. The van der Waals surface area contributed by atoms with Crippen LogP contribution in [0.1, 0.15) is 12.0 Å². The Labute approximate surface area is 195 Å². The highest BCUT2D eigenvalue weighted by atomic mass is 16.5. The van der Waals surface area contributed by atoms with E-state index in [1.54, 1.807) is 14.2 Å². The molecule has 0 radical (unpaired) electrons. The first kappa shape index (κ1) is 23.8. The van der Waals surface area contributed by atoms with Crippen molar-refractivity contribution < 1.29 is 23.8 Å². The van der Waals surface area contributed by atoms with Gasteiger partial charge in [-0.15, -0.1) is 0 Å². The second kappa shape index (κ2) is 11.2. The van der Waals surface area contributed by atoms with Crippen molar-refractivity contribution in [1.82, 2.24) is 15.1 Å². The van der Waals surface area contributed by atoms with Gasteiger partial charge in [0, 0.05) is 64.7 Å². The van der Waals surface area contributed by atoms with Gasteiger partial charge in [0.25, 0.3) is 0 Å². The lowest BCUT2D eigenvalue weighted by molar-refractivity contribution is -0.136. The number of ether oxygens (including phenoxy) is 3. The highest BCUT2D eigenvalue weighted by molar-refractivity contribution is 5.82. The molecule has 9 heteroatoms. The molecule has 1 aromatic carbocycles. The molecule has 182 valence electrons. The molecule has 0 bridgehead atoms. The van der Waals surface area contributed by atoms with E-state index in [0.29, 0.717) is 59.0 Å². The van der Waals surface area contributed by atoms with Crippen LogP contribution in [0.3, 0.4) is 0 Å². The molecular formula is C24H36N4O5. The number of amides is 2. The zero-order valence-corrected chi connectivity index (χ0v) is 19.8. The minimum atomic E-state index is -0.172. The highest BCUT2D eigenvalue weighted by Crippen LogP contribution is 2.38. The zero-order valence-electron chi connectivity index (χ0n) is 19.8. The molecule has 2 fully saturated rings. The van der Waals surface area contributed by atoms with Crippen molar-refractivity contribution in [3.05, 3.63) is 23.8 Å². The Morgan fingerprint density at radius 3 is 2.73 bits per heavy atom. The van der Waals surface area contributed by atoms with Crippen LogP contribution >= 0.6 is 0 Å². The third kappa shape index (κ3) is 5.59. The molecule has 3 aliphatic rings. The smallest absolute Gasteiger partial charge is 0.236 e. The van der Waals surface area contributed by atoms with Crippen LogP contribution in [0.2, 0.25) is 0 Å².